The van der Waals surface area contributed by atoms with E-state index >= 15 is 0 Å². The van der Waals surface area contributed by atoms with Crippen LogP contribution in [0.1, 0.15) is 37.2 Å². The number of nitrogens with zero attached hydrogens (tertiary/aromatic N) is 4. The number of rotatable bonds is 7. The first-order chi connectivity index (χ1) is 19.8. The van der Waals surface area contributed by atoms with Gasteiger partial charge in [0.15, 0.2) is 0 Å². The number of carbonyl (C=O) groups excluding carboxylic acids is 1. The Morgan fingerprint density at radius 3 is 2.49 bits per heavy atom. The summed E-state index contributed by atoms with van der Waals surface area (Å²) < 4.78 is 11.1. The van der Waals surface area contributed by atoms with Gasteiger partial charge in [0.05, 0.1) is 22.1 Å². The fourth-order valence-corrected chi connectivity index (χ4v) is 5.88. The van der Waals surface area contributed by atoms with Gasteiger partial charge >= 0.3 is 5.97 Å². The zero-order valence-corrected chi connectivity index (χ0v) is 25.2. The summed E-state index contributed by atoms with van der Waals surface area (Å²) in [6.45, 7) is 6.33. The van der Waals surface area contributed by atoms with Gasteiger partial charge in [0.25, 0.3) is 0 Å². The molecule has 6 rings (SSSR count). The Balaban J connectivity index is 1.47. The lowest BCUT2D eigenvalue weighted by Crippen LogP contribution is -2.07. The summed E-state index contributed by atoms with van der Waals surface area (Å²) in [4.78, 5) is 22.1. The molecule has 0 aliphatic carbocycles. The highest BCUT2D eigenvalue weighted by atomic mass is 79.9. The summed E-state index contributed by atoms with van der Waals surface area (Å²) in [6.07, 6.45) is 1.85. The van der Waals surface area contributed by atoms with Crippen LogP contribution in [-0.2, 0) is 24.8 Å². The van der Waals surface area contributed by atoms with Crippen molar-refractivity contribution in [3.8, 4) is 28.3 Å². The zero-order valence-electron chi connectivity index (χ0n) is 23.6. The molecule has 0 amide bonds. The molecule has 0 atom stereocenters. The standard InChI is InChI=1S/C34H31BrN4O2/c1-5-9-32-37-33-21(2)16-25(34-36-28-19-26(35)13-15-29(28)38(34)4)18-30(33)39(32)20-23-12-14-27(24-10-7-6-8-11-24)31(17-23)41-22(3)40/h6-8,10-19H,5,9,20H2,1-4H3. The highest BCUT2D eigenvalue weighted by Crippen LogP contribution is 2.34. The number of ether oxygens (including phenoxy) is 1. The second kappa shape index (κ2) is 11.0. The van der Waals surface area contributed by atoms with E-state index in [1.165, 1.54) is 6.92 Å². The molecule has 2 heterocycles. The van der Waals surface area contributed by atoms with Gasteiger partial charge in [-0.25, -0.2) is 9.97 Å². The summed E-state index contributed by atoms with van der Waals surface area (Å²) in [5.41, 5.74) is 9.19. The average molecular weight is 608 g/mol. The van der Waals surface area contributed by atoms with E-state index < -0.39 is 0 Å². The average Bonchev–Trinajstić information content (AvgIpc) is 3.46. The molecule has 0 fully saturated rings. The Morgan fingerprint density at radius 1 is 0.927 bits per heavy atom. The van der Waals surface area contributed by atoms with Crippen LogP contribution in [0.4, 0.5) is 0 Å². The summed E-state index contributed by atoms with van der Waals surface area (Å²) in [7, 11) is 2.06. The summed E-state index contributed by atoms with van der Waals surface area (Å²) in [5.74, 6) is 2.18. The Hall–Kier alpha value is -4.23. The minimum atomic E-state index is -0.339. The first-order valence-electron chi connectivity index (χ1n) is 13.8. The van der Waals surface area contributed by atoms with Crippen molar-refractivity contribution in [2.45, 2.75) is 40.2 Å². The Labute approximate surface area is 247 Å². The molecule has 2 aromatic heterocycles. The van der Waals surface area contributed by atoms with Crippen molar-refractivity contribution in [2.75, 3.05) is 0 Å². The molecular formula is C34H31BrN4O2. The summed E-state index contributed by atoms with van der Waals surface area (Å²) >= 11 is 3.57. The van der Waals surface area contributed by atoms with E-state index in [-0.39, 0.29) is 5.97 Å². The fraction of sp³-hybridized carbons (Fsp3) is 0.206. The van der Waals surface area contributed by atoms with Crippen LogP contribution >= 0.6 is 15.9 Å². The molecule has 4 aromatic carbocycles. The summed E-state index contributed by atoms with van der Waals surface area (Å²) in [5, 5.41) is 0. The van der Waals surface area contributed by atoms with Crippen molar-refractivity contribution in [1.29, 1.82) is 0 Å². The lowest BCUT2D eigenvalue weighted by Gasteiger charge is -2.14. The SMILES string of the molecule is CCCc1nc2c(C)cc(-c3nc4cc(Br)ccc4n3C)cc2n1Cc1ccc(-c2ccccc2)c(OC(C)=O)c1. The molecule has 0 bridgehead atoms. The molecule has 0 saturated carbocycles. The number of hydrogen-bond acceptors (Lipinski definition) is 4. The van der Waals surface area contributed by atoms with Crippen LogP contribution in [0.2, 0.25) is 0 Å². The van der Waals surface area contributed by atoms with Crippen LogP contribution < -0.4 is 4.74 Å². The van der Waals surface area contributed by atoms with Crippen molar-refractivity contribution in [1.82, 2.24) is 19.1 Å². The number of benzene rings is 4. The van der Waals surface area contributed by atoms with Crippen LogP contribution in [0.5, 0.6) is 5.75 Å². The number of carbonyl (C=O) groups is 1. The maximum absolute atomic E-state index is 12.0. The minimum absolute atomic E-state index is 0.339. The monoisotopic (exact) mass is 606 g/mol. The van der Waals surface area contributed by atoms with Crippen molar-refractivity contribution in [2.24, 2.45) is 7.05 Å². The molecule has 41 heavy (non-hydrogen) atoms. The van der Waals surface area contributed by atoms with Gasteiger partial charge < -0.3 is 13.9 Å². The van der Waals surface area contributed by atoms with Crippen LogP contribution in [0.25, 0.3) is 44.6 Å². The number of halogens is 1. The molecule has 0 saturated heterocycles. The zero-order chi connectivity index (χ0) is 28.7. The van der Waals surface area contributed by atoms with Crippen LogP contribution in [0, 0.1) is 6.92 Å². The minimum Gasteiger partial charge on any atom is -0.426 e. The predicted octanol–water partition coefficient (Wildman–Crippen LogP) is 8.25. The van der Waals surface area contributed by atoms with Gasteiger partial charge in [0.1, 0.15) is 17.4 Å². The molecule has 0 unspecified atom stereocenters. The second-order valence-corrected chi connectivity index (χ2v) is 11.4. The number of imidazole rings is 2. The van der Waals surface area contributed by atoms with Crippen molar-refractivity contribution < 1.29 is 9.53 Å². The molecule has 6 aromatic rings. The normalized spacial score (nSPS) is 11.4. The smallest absolute Gasteiger partial charge is 0.308 e. The quantitative estimate of drug-likeness (QED) is 0.135. The number of esters is 1. The van der Waals surface area contributed by atoms with E-state index in [1.54, 1.807) is 0 Å². The van der Waals surface area contributed by atoms with E-state index in [2.05, 4.69) is 70.2 Å². The van der Waals surface area contributed by atoms with Gasteiger partial charge in [0.2, 0.25) is 0 Å². The summed E-state index contributed by atoms with van der Waals surface area (Å²) in [6, 6.07) is 26.7. The van der Waals surface area contributed by atoms with Crippen molar-refractivity contribution in [3.05, 3.63) is 100 Å². The third kappa shape index (κ3) is 5.18. The van der Waals surface area contributed by atoms with Gasteiger partial charge in [-0.3, -0.25) is 4.79 Å². The molecule has 7 heteroatoms. The second-order valence-electron chi connectivity index (χ2n) is 10.4. The number of hydrogen-bond donors (Lipinski definition) is 0. The van der Waals surface area contributed by atoms with E-state index in [4.69, 9.17) is 14.7 Å². The van der Waals surface area contributed by atoms with Crippen LogP contribution in [-0.4, -0.2) is 25.1 Å². The number of fused-ring (bicyclic) bond motifs is 2. The Morgan fingerprint density at radius 2 is 1.73 bits per heavy atom. The van der Waals surface area contributed by atoms with Gasteiger partial charge in [-0.15, -0.1) is 0 Å². The maximum Gasteiger partial charge on any atom is 0.308 e. The molecule has 206 valence electrons. The van der Waals surface area contributed by atoms with Crippen molar-refractivity contribution >= 4 is 44.0 Å². The fourth-order valence-electron chi connectivity index (χ4n) is 5.53. The van der Waals surface area contributed by atoms with Crippen LogP contribution in [0.3, 0.4) is 0 Å². The molecule has 0 N–H and O–H groups in total. The topological polar surface area (TPSA) is 61.9 Å². The molecule has 0 aliphatic rings. The first-order valence-corrected chi connectivity index (χ1v) is 14.6. The third-order valence-corrected chi connectivity index (χ3v) is 7.92. The third-order valence-electron chi connectivity index (χ3n) is 7.42. The van der Waals surface area contributed by atoms with Gasteiger partial charge in [-0.2, -0.15) is 0 Å². The van der Waals surface area contributed by atoms with E-state index in [1.807, 2.05) is 54.6 Å². The maximum atomic E-state index is 12.0. The predicted molar refractivity (Wildman–Crippen MR) is 168 cm³/mol. The molecular weight excluding hydrogens is 576 g/mol. The molecule has 6 nitrogen and oxygen atoms in total. The Bertz CT molecular complexity index is 1920. The van der Waals surface area contributed by atoms with Gasteiger partial charge in [-0.05, 0) is 66.4 Å². The van der Waals surface area contributed by atoms with Gasteiger partial charge in [0, 0.05) is 42.5 Å². The number of aryl methyl sites for hydroxylation is 3. The lowest BCUT2D eigenvalue weighted by molar-refractivity contribution is -0.131. The largest absolute Gasteiger partial charge is 0.426 e. The van der Waals surface area contributed by atoms with E-state index in [0.717, 1.165) is 78.8 Å². The Kier molecular flexibility index (Phi) is 7.22. The highest BCUT2D eigenvalue weighted by Gasteiger charge is 2.18. The van der Waals surface area contributed by atoms with E-state index in [9.17, 15) is 4.79 Å². The molecule has 0 radical (unpaired) electrons. The molecule has 0 spiro atoms. The molecule has 0 aliphatic heterocycles. The van der Waals surface area contributed by atoms with E-state index in [0.29, 0.717) is 12.3 Å². The number of aromatic nitrogens is 4. The highest BCUT2D eigenvalue weighted by molar-refractivity contribution is 9.10. The van der Waals surface area contributed by atoms with Crippen LogP contribution in [0.15, 0.2) is 83.3 Å². The lowest BCUT2D eigenvalue weighted by atomic mass is 10.0. The van der Waals surface area contributed by atoms with Gasteiger partial charge in [-0.1, -0.05) is 65.3 Å². The first kappa shape index (κ1) is 27.0. The van der Waals surface area contributed by atoms with Crippen molar-refractivity contribution in [3.63, 3.8) is 0 Å².